The lowest BCUT2D eigenvalue weighted by Gasteiger charge is -2.09. The average molecular weight is 291 g/mol. The zero-order chi connectivity index (χ0) is 15.1. The molecule has 0 N–H and O–H groups in total. The summed E-state index contributed by atoms with van der Waals surface area (Å²) in [7, 11) is 0. The number of hydrogen-bond donors (Lipinski definition) is 0. The quantitative estimate of drug-likeness (QED) is 0.426. The van der Waals surface area contributed by atoms with Crippen LogP contribution in [0.1, 0.15) is 29.8 Å². The molecule has 0 atom stereocenters. The molecule has 3 heteroatoms. The van der Waals surface area contributed by atoms with Crippen LogP contribution in [0.2, 0.25) is 0 Å². The van der Waals surface area contributed by atoms with Gasteiger partial charge in [0.15, 0.2) is 5.78 Å². The van der Waals surface area contributed by atoms with E-state index in [1.54, 1.807) is 6.07 Å². The highest BCUT2D eigenvalue weighted by molar-refractivity contribution is 6.31. The Balaban J connectivity index is 2.82. The number of benzene rings is 1. The van der Waals surface area contributed by atoms with Crippen LogP contribution in [0.3, 0.4) is 0 Å². The van der Waals surface area contributed by atoms with Crippen molar-refractivity contribution in [2.24, 2.45) is 0 Å². The van der Waals surface area contributed by atoms with Gasteiger partial charge in [-0.05, 0) is 56.2 Å². The van der Waals surface area contributed by atoms with Crippen LogP contribution in [-0.4, -0.2) is 12.4 Å². The molecule has 2 nitrogen and oxygen atoms in total. The van der Waals surface area contributed by atoms with Crippen LogP contribution in [0.4, 0.5) is 0 Å². The molecule has 106 valence electrons. The number of ketones is 1. The monoisotopic (exact) mass is 290 g/mol. The Bertz CT molecular complexity index is 568. The summed E-state index contributed by atoms with van der Waals surface area (Å²) < 4.78 is 5.66. The summed E-state index contributed by atoms with van der Waals surface area (Å²) in [5.74, 6) is 0.558. The Hall–Kier alpha value is -1.80. The number of allylic oxidation sites excluding steroid dienone is 4. The molecule has 20 heavy (non-hydrogen) atoms. The van der Waals surface area contributed by atoms with Gasteiger partial charge in [-0.2, -0.15) is 0 Å². The summed E-state index contributed by atoms with van der Waals surface area (Å²) >= 11 is 5.92. The predicted octanol–water partition coefficient (Wildman–Crippen LogP) is 4.83. The van der Waals surface area contributed by atoms with Gasteiger partial charge in [0, 0.05) is 10.6 Å². The summed E-state index contributed by atoms with van der Waals surface area (Å²) in [5, 5.41) is 0.678. The number of halogens is 1. The van der Waals surface area contributed by atoms with Crippen molar-refractivity contribution in [1.29, 1.82) is 0 Å². The molecular weight excluding hydrogens is 272 g/mol. The molecule has 0 bridgehead atoms. The van der Waals surface area contributed by atoms with Crippen molar-refractivity contribution in [3.05, 3.63) is 64.7 Å². The maximum atomic E-state index is 11.7. The van der Waals surface area contributed by atoms with E-state index in [1.807, 2.05) is 45.1 Å². The minimum atomic E-state index is -0.0998. The Morgan fingerprint density at radius 3 is 2.75 bits per heavy atom. The first-order chi connectivity index (χ1) is 9.47. The van der Waals surface area contributed by atoms with Crippen LogP contribution < -0.4 is 4.74 Å². The van der Waals surface area contributed by atoms with Crippen LogP contribution in [0.15, 0.2) is 53.6 Å². The van der Waals surface area contributed by atoms with E-state index in [4.69, 9.17) is 16.3 Å². The molecule has 0 aromatic heterocycles. The molecule has 0 saturated heterocycles. The van der Waals surface area contributed by atoms with E-state index in [-0.39, 0.29) is 5.78 Å². The highest BCUT2D eigenvalue weighted by Crippen LogP contribution is 2.19. The SMILES string of the molecule is C=CC(=O)c1cc(OCC(C)=CC(Cl)=CC)ccc1C. The Morgan fingerprint density at radius 2 is 2.15 bits per heavy atom. The standard InChI is InChI=1S/C17H19ClO2/c1-5-14(18)9-12(3)11-20-15-8-7-13(4)16(10-15)17(19)6-2/h5-10H,2,11H2,1,3-4H3. The lowest BCUT2D eigenvalue weighted by molar-refractivity contribution is 0.104. The van der Waals surface area contributed by atoms with E-state index in [1.165, 1.54) is 6.08 Å². The number of rotatable bonds is 6. The molecule has 0 aliphatic rings. The third-order valence-electron chi connectivity index (χ3n) is 2.79. The number of ether oxygens (including phenoxy) is 1. The van der Waals surface area contributed by atoms with Crippen molar-refractivity contribution in [2.45, 2.75) is 20.8 Å². The van der Waals surface area contributed by atoms with E-state index in [0.29, 0.717) is 23.0 Å². The maximum absolute atomic E-state index is 11.7. The van der Waals surface area contributed by atoms with E-state index in [2.05, 4.69) is 6.58 Å². The fourth-order valence-electron chi connectivity index (χ4n) is 1.62. The molecule has 1 aromatic rings. The van der Waals surface area contributed by atoms with Crippen molar-refractivity contribution in [1.82, 2.24) is 0 Å². The predicted molar refractivity (Wildman–Crippen MR) is 84.6 cm³/mol. The first-order valence-electron chi connectivity index (χ1n) is 6.37. The van der Waals surface area contributed by atoms with E-state index in [0.717, 1.165) is 11.1 Å². The Morgan fingerprint density at radius 1 is 1.45 bits per heavy atom. The second-order valence-corrected chi connectivity index (χ2v) is 4.93. The molecule has 0 heterocycles. The van der Waals surface area contributed by atoms with Crippen LogP contribution in [0.5, 0.6) is 5.75 Å². The zero-order valence-corrected chi connectivity index (χ0v) is 12.8. The van der Waals surface area contributed by atoms with Gasteiger partial charge in [0.05, 0.1) is 0 Å². The fraction of sp³-hybridized carbons (Fsp3) is 0.235. The summed E-state index contributed by atoms with van der Waals surface area (Å²) in [6, 6.07) is 5.45. The first-order valence-corrected chi connectivity index (χ1v) is 6.75. The lowest BCUT2D eigenvalue weighted by atomic mass is 10.0. The molecule has 1 rings (SSSR count). The molecule has 0 saturated carbocycles. The van der Waals surface area contributed by atoms with Gasteiger partial charge in [-0.3, -0.25) is 4.79 Å². The van der Waals surface area contributed by atoms with Crippen LogP contribution >= 0.6 is 11.6 Å². The minimum absolute atomic E-state index is 0.0998. The zero-order valence-electron chi connectivity index (χ0n) is 12.1. The highest BCUT2D eigenvalue weighted by Gasteiger charge is 2.07. The Kier molecular flexibility index (Phi) is 6.26. The lowest BCUT2D eigenvalue weighted by Crippen LogP contribution is -2.02. The van der Waals surface area contributed by atoms with Gasteiger partial charge in [0.2, 0.25) is 0 Å². The van der Waals surface area contributed by atoms with Crippen LogP contribution in [-0.2, 0) is 0 Å². The van der Waals surface area contributed by atoms with Crippen molar-refractivity contribution < 1.29 is 9.53 Å². The average Bonchev–Trinajstić information content (AvgIpc) is 2.45. The molecule has 0 aliphatic heterocycles. The van der Waals surface area contributed by atoms with E-state index in [9.17, 15) is 4.79 Å². The van der Waals surface area contributed by atoms with Gasteiger partial charge in [0.1, 0.15) is 12.4 Å². The van der Waals surface area contributed by atoms with Crippen LogP contribution in [0, 0.1) is 6.92 Å². The van der Waals surface area contributed by atoms with Crippen molar-refractivity contribution in [2.75, 3.05) is 6.61 Å². The fourth-order valence-corrected chi connectivity index (χ4v) is 1.81. The smallest absolute Gasteiger partial charge is 0.185 e. The topological polar surface area (TPSA) is 26.3 Å². The summed E-state index contributed by atoms with van der Waals surface area (Å²) in [5.41, 5.74) is 2.53. The van der Waals surface area contributed by atoms with E-state index >= 15 is 0 Å². The van der Waals surface area contributed by atoms with Gasteiger partial charge < -0.3 is 4.74 Å². The number of carbonyl (C=O) groups excluding carboxylic acids is 1. The van der Waals surface area contributed by atoms with Gasteiger partial charge in [-0.25, -0.2) is 0 Å². The summed E-state index contributed by atoms with van der Waals surface area (Å²) in [6.45, 7) is 9.63. The molecule has 0 fully saturated rings. The highest BCUT2D eigenvalue weighted by atomic mass is 35.5. The minimum Gasteiger partial charge on any atom is -0.489 e. The third-order valence-corrected chi connectivity index (χ3v) is 3.11. The number of aryl methyl sites for hydroxylation is 1. The van der Waals surface area contributed by atoms with E-state index < -0.39 is 0 Å². The molecule has 0 amide bonds. The molecular formula is C17H19ClO2. The second-order valence-electron chi connectivity index (χ2n) is 4.50. The van der Waals surface area contributed by atoms with Gasteiger partial charge >= 0.3 is 0 Å². The van der Waals surface area contributed by atoms with Gasteiger partial charge in [-0.1, -0.05) is 30.3 Å². The largest absolute Gasteiger partial charge is 0.489 e. The van der Waals surface area contributed by atoms with Crippen molar-refractivity contribution in [3.8, 4) is 5.75 Å². The molecule has 0 radical (unpaired) electrons. The first kappa shape index (κ1) is 16.3. The van der Waals surface area contributed by atoms with Gasteiger partial charge in [0.25, 0.3) is 0 Å². The molecule has 1 aromatic carbocycles. The van der Waals surface area contributed by atoms with Crippen molar-refractivity contribution in [3.63, 3.8) is 0 Å². The van der Waals surface area contributed by atoms with Gasteiger partial charge in [-0.15, -0.1) is 0 Å². The maximum Gasteiger partial charge on any atom is 0.185 e. The molecule has 0 unspecified atom stereocenters. The van der Waals surface area contributed by atoms with Crippen LogP contribution in [0.25, 0.3) is 0 Å². The normalized spacial score (nSPS) is 12.2. The number of carbonyl (C=O) groups is 1. The number of hydrogen-bond acceptors (Lipinski definition) is 2. The third kappa shape index (κ3) is 4.71. The summed E-state index contributed by atoms with van der Waals surface area (Å²) in [6.07, 6.45) is 4.98. The molecule has 0 spiro atoms. The van der Waals surface area contributed by atoms with Crippen molar-refractivity contribution >= 4 is 17.4 Å². The second kappa shape index (κ2) is 7.71. The summed E-state index contributed by atoms with van der Waals surface area (Å²) in [4.78, 5) is 11.7. The molecule has 0 aliphatic carbocycles. The Labute approximate surface area is 125 Å².